The molecular formula is C17H18O3. The van der Waals surface area contributed by atoms with E-state index in [-0.39, 0.29) is 11.3 Å². The predicted octanol–water partition coefficient (Wildman–Crippen LogP) is 4.10. The molecule has 0 heterocycles. The van der Waals surface area contributed by atoms with E-state index < -0.39 is 5.97 Å². The minimum Gasteiger partial charge on any atom is -0.507 e. The third-order valence-corrected chi connectivity index (χ3v) is 3.36. The van der Waals surface area contributed by atoms with Crippen LogP contribution in [0.15, 0.2) is 42.5 Å². The summed E-state index contributed by atoms with van der Waals surface area (Å²) in [6.45, 7) is 2.06. The average molecular weight is 270 g/mol. The van der Waals surface area contributed by atoms with Crippen LogP contribution in [0.1, 0.15) is 35.7 Å². The van der Waals surface area contributed by atoms with Crippen molar-refractivity contribution in [1.29, 1.82) is 0 Å². The third-order valence-electron chi connectivity index (χ3n) is 3.36. The zero-order valence-corrected chi connectivity index (χ0v) is 11.5. The van der Waals surface area contributed by atoms with Gasteiger partial charge in [0.15, 0.2) is 0 Å². The molecule has 0 bridgehead atoms. The Bertz CT molecular complexity index is 603. The number of benzene rings is 2. The Hall–Kier alpha value is -2.29. The molecule has 0 saturated heterocycles. The molecule has 0 aliphatic heterocycles. The van der Waals surface area contributed by atoms with Crippen molar-refractivity contribution in [2.75, 3.05) is 0 Å². The lowest BCUT2D eigenvalue weighted by atomic mass is 9.94. The largest absolute Gasteiger partial charge is 0.507 e. The number of phenols is 1. The quantitative estimate of drug-likeness (QED) is 0.860. The Morgan fingerprint density at radius 2 is 1.80 bits per heavy atom. The van der Waals surface area contributed by atoms with E-state index in [9.17, 15) is 15.0 Å². The number of aryl methyl sites for hydroxylation is 1. The number of unbranched alkanes of at least 4 members (excludes halogenated alkanes) is 1. The molecule has 0 unspecified atom stereocenters. The molecule has 0 amide bonds. The second kappa shape index (κ2) is 6.24. The molecule has 0 aliphatic rings. The van der Waals surface area contributed by atoms with Crippen molar-refractivity contribution in [3.63, 3.8) is 0 Å². The number of carbonyl (C=O) groups is 1. The van der Waals surface area contributed by atoms with E-state index >= 15 is 0 Å². The van der Waals surface area contributed by atoms with Crippen LogP contribution in [0.4, 0.5) is 0 Å². The van der Waals surface area contributed by atoms with Gasteiger partial charge in [-0.05, 0) is 29.5 Å². The average Bonchev–Trinajstić information content (AvgIpc) is 2.46. The van der Waals surface area contributed by atoms with Crippen molar-refractivity contribution in [2.24, 2.45) is 0 Å². The van der Waals surface area contributed by atoms with Crippen LogP contribution in [0.5, 0.6) is 5.75 Å². The summed E-state index contributed by atoms with van der Waals surface area (Å²) in [4.78, 5) is 11.5. The number of carboxylic acids is 1. The fraction of sp³-hybridized carbons (Fsp3) is 0.235. The van der Waals surface area contributed by atoms with Gasteiger partial charge in [0.05, 0.1) is 0 Å². The number of carboxylic acid groups (broad SMARTS) is 1. The Morgan fingerprint density at radius 1 is 1.10 bits per heavy atom. The molecule has 0 saturated carbocycles. The van der Waals surface area contributed by atoms with Gasteiger partial charge in [-0.15, -0.1) is 0 Å². The number of aromatic hydroxyl groups is 1. The number of hydrogen-bond acceptors (Lipinski definition) is 2. The highest BCUT2D eigenvalue weighted by atomic mass is 16.4. The van der Waals surface area contributed by atoms with Gasteiger partial charge in [-0.2, -0.15) is 0 Å². The standard InChI is InChI=1S/C17H18O3/c1-2-3-7-13-10-11-14(12-8-5-4-6-9-12)15(16(13)18)17(19)20/h4-6,8-11,18H,2-3,7H2,1H3,(H,19,20). The molecular weight excluding hydrogens is 252 g/mol. The second-order valence-corrected chi connectivity index (χ2v) is 4.77. The molecule has 0 radical (unpaired) electrons. The van der Waals surface area contributed by atoms with Gasteiger partial charge in [0, 0.05) is 0 Å². The van der Waals surface area contributed by atoms with Gasteiger partial charge in [0.1, 0.15) is 11.3 Å². The molecule has 2 N–H and O–H groups in total. The van der Waals surface area contributed by atoms with Crippen LogP contribution in [0.2, 0.25) is 0 Å². The van der Waals surface area contributed by atoms with E-state index in [1.54, 1.807) is 6.07 Å². The first-order chi connectivity index (χ1) is 9.65. The van der Waals surface area contributed by atoms with Gasteiger partial charge >= 0.3 is 5.97 Å². The molecule has 3 heteroatoms. The highest BCUT2D eigenvalue weighted by Crippen LogP contribution is 2.33. The van der Waals surface area contributed by atoms with E-state index in [1.807, 2.05) is 36.4 Å². The smallest absolute Gasteiger partial charge is 0.340 e. The van der Waals surface area contributed by atoms with Gasteiger partial charge in [0.25, 0.3) is 0 Å². The molecule has 104 valence electrons. The summed E-state index contributed by atoms with van der Waals surface area (Å²) in [7, 11) is 0. The summed E-state index contributed by atoms with van der Waals surface area (Å²) in [6, 6.07) is 12.9. The lowest BCUT2D eigenvalue weighted by Gasteiger charge is -2.12. The highest BCUT2D eigenvalue weighted by molar-refractivity contribution is 5.99. The molecule has 3 nitrogen and oxygen atoms in total. The summed E-state index contributed by atoms with van der Waals surface area (Å²) >= 11 is 0. The van der Waals surface area contributed by atoms with E-state index in [0.717, 1.165) is 18.4 Å². The maximum atomic E-state index is 11.5. The maximum absolute atomic E-state index is 11.5. The fourth-order valence-electron chi connectivity index (χ4n) is 2.28. The Labute approximate surface area is 118 Å². The Morgan fingerprint density at radius 3 is 2.40 bits per heavy atom. The third kappa shape index (κ3) is 2.82. The van der Waals surface area contributed by atoms with E-state index in [2.05, 4.69) is 6.92 Å². The van der Waals surface area contributed by atoms with Crippen molar-refractivity contribution in [3.8, 4) is 16.9 Å². The Kier molecular flexibility index (Phi) is 4.41. The van der Waals surface area contributed by atoms with Crippen LogP contribution in [0.25, 0.3) is 11.1 Å². The predicted molar refractivity (Wildman–Crippen MR) is 79.1 cm³/mol. The monoisotopic (exact) mass is 270 g/mol. The highest BCUT2D eigenvalue weighted by Gasteiger charge is 2.19. The molecule has 2 rings (SSSR count). The van der Waals surface area contributed by atoms with Crippen LogP contribution in [0.3, 0.4) is 0 Å². The summed E-state index contributed by atoms with van der Waals surface area (Å²) < 4.78 is 0. The van der Waals surface area contributed by atoms with Crippen molar-refractivity contribution in [1.82, 2.24) is 0 Å². The van der Waals surface area contributed by atoms with Gasteiger partial charge in [-0.1, -0.05) is 55.8 Å². The molecule has 0 fully saturated rings. The lowest BCUT2D eigenvalue weighted by molar-refractivity contribution is 0.0694. The van der Waals surface area contributed by atoms with Gasteiger partial charge in [-0.25, -0.2) is 4.79 Å². The van der Waals surface area contributed by atoms with Crippen LogP contribution in [-0.4, -0.2) is 16.2 Å². The molecule has 2 aromatic rings. The first-order valence-corrected chi connectivity index (χ1v) is 6.78. The number of aromatic carboxylic acids is 1. The van der Waals surface area contributed by atoms with Crippen LogP contribution < -0.4 is 0 Å². The second-order valence-electron chi connectivity index (χ2n) is 4.77. The topological polar surface area (TPSA) is 57.5 Å². The summed E-state index contributed by atoms with van der Waals surface area (Å²) in [5.41, 5.74) is 2.03. The molecule has 20 heavy (non-hydrogen) atoms. The first-order valence-electron chi connectivity index (χ1n) is 6.78. The minimum atomic E-state index is -1.10. The Balaban J connectivity index is 2.54. The summed E-state index contributed by atoms with van der Waals surface area (Å²) in [5.74, 6) is -1.20. The summed E-state index contributed by atoms with van der Waals surface area (Å²) in [6.07, 6.45) is 2.62. The van der Waals surface area contributed by atoms with Crippen molar-refractivity contribution < 1.29 is 15.0 Å². The van der Waals surface area contributed by atoms with Crippen molar-refractivity contribution in [2.45, 2.75) is 26.2 Å². The van der Waals surface area contributed by atoms with Crippen molar-refractivity contribution in [3.05, 3.63) is 53.6 Å². The molecule has 0 atom stereocenters. The van der Waals surface area contributed by atoms with Crippen molar-refractivity contribution >= 4 is 5.97 Å². The SMILES string of the molecule is CCCCc1ccc(-c2ccccc2)c(C(=O)O)c1O. The lowest BCUT2D eigenvalue weighted by Crippen LogP contribution is -2.02. The van der Waals surface area contributed by atoms with Crippen LogP contribution >= 0.6 is 0 Å². The number of hydrogen-bond donors (Lipinski definition) is 2. The number of rotatable bonds is 5. The van der Waals surface area contributed by atoms with E-state index in [4.69, 9.17) is 0 Å². The first kappa shape index (κ1) is 14.1. The fourth-order valence-corrected chi connectivity index (χ4v) is 2.28. The van der Waals surface area contributed by atoms with Gasteiger partial charge in [0.2, 0.25) is 0 Å². The van der Waals surface area contributed by atoms with Crippen LogP contribution in [0, 0.1) is 0 Å². The van der Waals surface area contributed by atoms with Gasteiger partial charge in [-0.3, -0.25) is 0 Å². The van der Waals surface area contributed by atoms with E-state index in [0.29, 0.717) is 17.5 Å². The van der Waals surface area contributed by atoms with Gasteiger partial charge < -0.3 is 10.2 Å². The molecule has 0 aromatic heterocycles. The van der Waals surface area contributed by atoms with E-state index in [1.165, 1.54) is 0 Å². The van der Waals surface area contributed by atoms with Crippen LogP contribution in [-0.2, 0) is 6.42 Å². The molecule has 0 spiro atoms. The minimum absolute atomic E-state index is 0.00944. The molecule has 0 aliphatic carbocycles. The molecule has 2 aromatic carbocycles. The maximum Gasteiger partial charge on any atom is 0.340 e. The zero-order chi connectivity index (χ0) is 14.5. The summed E-state index contributed by atoms with van der Waals surface area (Å²) in [5, 5.41) is 19.6. The zero-order valence-electron chi connectivity index (χ0n) is 11.5. The normalized spacial score (nSPS) is 10.4.